The van der Waals surface area contributed by atoms with E-state index in [0.29, 0.717) is 0 Å². The summed E-state index contributed by atoms with van der Waals surface area (Å²) in [6.07, 6.45) is 1.64. The maximum Gasteiger partial charge on any atom is 0.137 e. The molecule has 1 fully saturated rings. The zero-order chi connectivity index (χ0) is 13.8. The van der Waals surface area contributed by atoms with Crippen LogP contribution in [0.25, 0.3) is 0 Å². The Kier molecular flexibility index (Phi) is 2.60. The Hall–Kier alpha value is -1.26. The van der Waals surface area contributed by atoms with E-state index < -0.39 is 11.2 Å². The highest BCUT2D eigenvalue weighted by Crippen LogP contribution is 2.56. The van der Waals surface area contributed by atoms with E-state index >= 15 is 0 Å². The topological polar surface area (TPSA) is 47.9 Å². The van der Waals surface area contributed by atoms with Gasteiger partial charge in [-0.15, -0.1) is 0 Å². The summed E-state index contributed by atoms with van der Waals surface area (Å²) in [6, 6.07) is 3.79. The second-order valence-electron chi connectivity index (χ2n) is 5.63. The predicted octanol–water partition coefficient (Wildman–Crippen LogP) is 2.15. The molecule has 1 saturated carbocycles. The van der Waals surface area contributed by atoms with Crippen molar-refractivity contribution in [1.29, 1.82) is 0 Å². The molecule has 2 aliphatic rings. The van der Waals surface area contributed by atoms with Gasteiger partial charge in [0, 0.05) is 12.7 Å². The number of methoxy groups -OCH3 is 2. The van der Waals surface area contributed by atoms with Gasteiger partial charge in [-0.1, -0.05) is 0 Å². The summed E-state index contributed by atoms with van der Waals surface area (Å²) in [5, 5.41) is 11.0. The summed E-state index contributed by atoms with van der Waals surface area (Å²) in [6.45, 7) is 3.77. The molecule has 1 N–H and O–H groups in total. The fraction of sp³-hybridized carbons (Fsp3) is 0.600. The van der Waals surface area contributed by atoms with Crippen molar-refractivity contribution in [1.82, 2.24) is 0 Å². The van der Waals surface area contributed by atoms with E-state index in [0.717, 1.165) is 35.5 Å². The molecule has 1 aromatic carbocycles. The molecule has 0 spiro atoms. The van der Waals surface area contributed by atoms with Gasteiger partial charge in [-0.25, -0.2) is 0 Å². The van der Waals surface area contributed by atoms with E-state index in [1.165, 1.54) is 0 Å². The van der Waals surface area contributed by atoms with Crippen LogP contribution in [0.3, 0.4) is 0 Å². The minimum Gasteiger partial charge on any atom is -0.496 e. The standard InChI is InChI=1S/C15H20O4/c1-9-7-12-10(8-11(9)17-3)14(2,16)15(18-4)6-5-13(15)19-12/h7-8,13,16H,5-6H2,1-4H3/t13-,14-,15-/m0/s1. The first-order valence-electron chi connectivity index (χ1n) is 6.59. The lowest BCUT2D eigenvalue weighted by Crippen LogP contribution is -2.69. The maximum atomic E-state index is 11.0. The zero-order valence-corrected chi connectivity index (χ0v) is 11.8. The molecule has 0 aromatic heterocycles. The van der Waals surface area contributed by atoms with Crippen LogP contribution in [0, 0.1) is 6.92 Å². The molecule has 0 radical (unpaired) electrons. The summed E-state index contributed by atoms with van der Waals surface area (Å²) in [5.74, 6) is 1.49. The van der Waals surface area contributed by atoms with Gasteiger partial charge in [0.15, 0.2) is 0 Å². The van der Waals surface area contributed by atoms with Gasteiger partial charge in [-0.05, 0) is 44.4 Å². The van der Waals surface area contributed by atoms with E-state index in [1.54, 1.807) is 21.1 Å². The average Bonchev–Trinajstić information content (AvgIpc) is 2.34. The van der Waals surface area contributed by atoms with E-state index in [2.05, 4.69) is 0 Å². The van der Waals surface area contributed by atoms with E-state index in [1.807, 2.05) is 19.1 Å². The Bertz CT molecular complexity index is 519. The molecular weight excluding hydrogens is 244 g/mol. The van der Waals surface area contributed by atoms with Crippen molar-refractivity contribution >= 4 is 0 Å². The van der Waals surface area contributed by atoms with Crippen molar-refractivity contribution in [2.24, 2.45) is 0 Å². The van der Waals surface area contributed by atoms with Crippen molar-refractivity contribution in [3.8, 4) is 11.5 Å². The van der Waals surface area contributed by atoms with Crippen LogP contribution in [0.5, 0.6) is 11.5 Å². The van der Waals surface area contributed by atoms with Gasteiger partial charge in [0.05, 0.1) is 7.11 Å². The second-order valence-corrected chi connectivity index (χ2v) is 5.63. The fourth-order valence-corrected chi connectivity index (χ4v) is 3.41. The summed E-state index contributed by atoms with van der Waals surface area (Å²) in [5.41, 5.74) is 0.0357. The van der Waals surface area contributed by atoms with Crippen molar-refractivity contribution in [3.63, 3.8) is 0 Å². The van der Waals surface area contributed by atoms with Crippen LogP contribution in [-0.2, 0) is 10.3 Å². The summed E-state index contributed by atoms with van der Waals surface area (Å²) in [4.78, 5) is 0. The van der Waals surface area contributed by atoms with Gasteiger partial charge in [0.25, 0.3) is 0 Å². The molecular formula is C15H20O4. The summed E-state index contributed by atoms with van der Waals surface area (Å²) < 4.78 is 17.0. The molecule has 4 nitrogen and oxygen atoms in total. The Balaban J connectivity index is 2.18. The van der Waals surface area contributed by atoms with Crippen LogP contribution in [-0.4, -0.2) is 31.0 Å². The molecule has 3 rings (SSSR count). The third kappa shape index (κ3) is 1.41. The molecule has 104 valence electrons. The minimum atomic E-state index is -1.07. The minimum absolute atomic E-state index is 0.0761. The Morgan fingerprint density at radius 1 is 1.37 bits per heavy atom. The van der Waals surface area contributed by atoms with E-state index in [9.17, 15) is 5.11 Å². The molecule has 1 aromatic rings. The number of rotatable bonds is 2. The van der Waals surface area contributed by atoms with Crippen molar-refractivity contribution in [2.45, 2.75) is 44.0 Å². The van der Waals surface area contributed by atoms with Crippen LogP contribution in [0.1, 0.15) is 30.9 Å². The monoisotopic (exact) mass is 264 g/mol. The summed E-state index contributed by atoms with van der Waals surface area (Å²) in [7, 11) is 3.27. The molecule has 0 amide bonds. The van der Waals surface area contributed by atoms with Crippen molar-refractivity contribution < 1.29 is 19.3 Å². The first-order chi connectivity index (χ1) is 8.96. The molecule has 1 aliphatic carbocycles. The summed E-state index contributed by atoms with van der Waals surface area (Å²) >= 11 is 0. The van der Waals surface area contributed by atoms with E-state index in [4.69, 9.17) is 14.2 Å². The molecule has 3 atom stereocenters. The molecule has 0 saturated heterocycles. The first kappa shape index (κ1) is 12.8. The van der Waals surface area contributed by atoms with Gasteiger partial charge >= 0.3 is 0 Å². The van der Waals surface area contributed by atoms with Crippen LogP contribution in [0.2, 0.25) is 0 Å². The second kappa shape index (κ2) is 3.87. The lowest BCUT2D eigenvalue weighted by atomic mass is 9.62. The number of aliphatic hydroxyl groups is 1. The van der Waals surface area contributed by atoms with Crippen LogP contribution >= 0.6 is 0 Å². The van der Waals surface area contributed by atoms with Crippen molar-refractivity contribution in [2.75, 3.05) is 14.2 Å². The van der Waals surface area contributed by atoms with Gasteiger partial charge in [-0.3, -0.25) is 0 Å². The van der Waals surface area contributed by atoms with E-state index in [-0.39, 0.29) is 6.10 Å². The van der Waals surface area contributed by atoms with Crippen LogP contribution in [0.4, 0.5) is 0 Å². The fourth-order valence-electron chi connectivity index (χ4n) is 3.41. The molecule has 1 heterocycles. The highest BCUT2D eigenvalue weighted by atomic mass is 16.6. The SMILES string of the molecule is COc1cc2c(cc1C)O[C@H]1CC[C@@]1(OC)[C@@]2(C)O. The zero-order valence-electron chi connectivity index (χ0n) is 11.8. The maximum absolute atomic E-state index is 11.0. The smallest absolute Gasteiger partial charge is 0.137 e. The van der Waals surface area contributed by atoms with Gasteiger partial charge in [0.2, 0.25) is 0 Å². The highest BCUT2D eigenvalue weighted by Gasteiger charge is 2.64. The first-order valence-corrected chi connectivity index (χ1v) is 6.59. The number of aryl methyl sites for hydroxylation is 1. The third-order valence-electron chi connectivity index (χ3n) is 4.78. The Morgan fingerprint density at radius 2 is 2.11 bits per heavy atom. The largest absolute Gasteiger partial charge is 0.496 e. The molecule has 19 heavy (non-hydrogen) atoms. The number of hydrogen-bond acceptors (Lipinski definition) is 4. The van der Waals surface area contributed by atoms with Crippen LogP contribution < -0.4 is 9.47 Å². The predicted molar refractivity (Wildman–Crippen MR) is 70.7 cm³/mol. The van der Waals surface area contributed by atoms with Gasteiger partial charge in [0.1, 0.15) is 28.8 Å². The molecule has 0 unspecified atom stereocenters. The van der Waals surface area contributed by atoms with Gasteiger partial charge < -0.3 is 19.3 Å². The quantitative estimate of drug-likeness (QED) is 0.889. The Morgan fingerprint density at radius 3 is 2.63 bits per heavy atom. The average molecular weight is 264 g/mol. The number of hydrogen-bond donors (Lipinski definition) is 1. The molecule has 0 bridgehead atoms. The normalized spacial score (nSPS) is 35.7. The van der Waals surface area contributed by atoms with Crippen LogP contribution in [0.15, 0.2) is 12.1 Å². The molecule has 1 aliphatic heterocycles. The number of fused-ring (bicyclic) bond motifs is 2. The lowest BCUT2D eigenvalue weighted by molar-refractivity contribution is -0.266. The van der Waals surface area contributed by atoms with Crippen molar-refractivity contribution in [3.05, 3.63) is 23.3 Å². The number of benzene rings is 1. The third-order valence-corrected chi connectivity index (χ3v) is 4.78. The highest BCUT2D eigenvalue weighted by molar-refractivity contribution is 5.52. The number of ether oxygens (including phenoxy) is 3. The van der Waals surface area contributed by atoms with Gasteiger partial charge in [-0.2, -0.15) is 0 Å². The lowest BCUT2D eigenvalue weighted by Gasteiger charge is -2.58. The Labute approximate surface area is 113 Å². The molecule has 4 heteroatoms.